The maximum absolute atomic E-state index is 12.8. The number of rotatable bonds is 8. The van der Waals surface area contributed by atoms with E-state index in [-0.39, 0.29) is 18.5 Å². The van der Waals surface area contributed by atoms with Crippen LogP contribution in [0.25, 0.3) is 10.9 Å². The summed E-state index contributed by atoms with van der Waals surface area (Å²) < 4.78 is 43.1. The number of halogens is 4. The van der Waals surface area contributed by atoms with Crippen LogP contribution in [0.2, 0.25) is 5.02 Å². The Kier molecular flexibility index (Phi) is 7.89. The van der Waals surface area contributed by atoms with Crippen molar-refractivity contribution in [1.82, 2.24) is 15.2 Å². The van der Waals surface area contributed by atoms with Gasteiger partial charge in [-0.25, -0.2) is 4.79 Å². The van der Waals surface area contributed by atoms with Gasteiger partial charge in [0.25, 0.3) is 5.91 Å². The van der Waals surface area contributed by atoms with Crippen molar-refractivity contribution in [2.75, 3.05) is 20.6 Å². The third-order valence-corrected chi connectivity index (χ3v) is 5.53. The number of carbonyl (C=O) groups excluding carboxylic acids is 2. The number of aromatic amines is 1. The summed E-state index contributed by atoms with van der Waals surface area (Å²) >= 11 is 5.97. The molecular formula is C24H25ClF3N3O3. The molecule has 3 rings (SSSR count). The monoisotopic (exact) mass is 495 g/mol. The summed E-state index contributed by atoms with van der Waals surface area (Å²) in [5.74, 6) is -2.36. The molecule has 0 aliphatic heterocycles. The van der Waals surface area contributed by atoms with Crippen molar-refractivity contribution in [1.29, 1.82) is 0 Å². The number of ether oxygens (including phenoxy) is 1. The summed E-state index contributed by atoms with van der Waals surface area (Å²) in [7, 11) is 3.37. The molecule has 0 bridgehead atoms. The minimum Gasteiger partial charge on any atom is -0.449 e. The number of hydrogen-bond donors (Lipinski definition) is 2. The van der Waals surface area contributed by atoms with E-state index in [1.54, 1.807) is 44.4 Å². The molecule has 0 saturated carbocycles. The first-order valence-corrected chi connectivity index (χ1v) is 10.9. The Morgan fingerprint density at radius 1 is 1.18 bits per heavy atom. The first-order valence-electron chi connectivity index (χ1n) is 10.5. The van der Waals surface area contributed by atoms with Crippen LogP contribution in [0.5, 0.6) is 0 Å². The average molecular weight is 496 g/mol. The van der Waals surface area contributed by atoms with Gasteiger partial charge in [-0.3, -0.25) is 4.79 Å². The molecule has 0 aliphatic rings. The van der Waals surface area contributed by atoms with Gasteiger partial charge in [-0.05, 0) is 48.7 Å². The number of fused-ring (bicyclic) bond motifs is 1. The first kappa shape index (κ1) is 25.6. The van der Waals surface area contributed by atoms with Crippen molar-refractivity contribution < 1.29 is 27.5 Å². The molecule has 1 aromatic heterocycles. The molecule has 2 aromatic carbocycles. The Bertz CT molecular complexity index is 1180. The number of H-pyrrole nitrogens is 1. The second-order valence-electron chi connectivity index (χ2n) is 8.23. The molecule has 6 nitrogen and oxygen atoms in total. The summed E-state index contributed by atoms with van der Waals surface area (Å²) in [5.41, 5.74) is 2.71. The van der Waals surface area contributed by atoms with Crippen molar-refractivity contribution in [3.05, 3.63) is 70.4 Å². The van der Waals surface area contributed by atoms with Crippen LogP contribution in [0.1, 0.15) is 34.5 Å². The van der Waals surface area contributed by atoms with Gasteiger partial charge in [0.1, 0.15) is 6.10 Å². The Morgan fingerprint density at radius 2 is 1.91 bits per heavy atom. The zero-order valence-electron chi connectivity index (χ0n) is 18.9. The molecule has 0 radical (unpaired) electrons. The Hall–Kier alpha value is -3.04. The first-order chi connectivity index (χ1) is 16.0. The number of carbonyl (C=O) groups is 2. The highest BCUT2D eigenvalue weighted by Crippen LogP contribution is 2.26. The number of benzene rings is 2. The maximum Gasteiger partial charge on any atom is 0.490 e. The van der Waals surface area contributed by atoms with Gasteiger partial charge in [0.05, 0.1) is 0 Å². The summed E-state index contributed by atoms with van der Waals surface area (Å²) in [4.78, 5) is 28.3. The molecule has 0 spiro atoms. The lowest BCUT2D eigenvalue weighted by molar-refractivity contribution is -0.205. The van der Waals surface area contributed by atoms with E-state index in [1.807, 2.05) is 19.2 Å². The topological polar surface area (TPSA) is 74.4 Å². The second kappa shape index (κ2) is 10.5. The zero-order valence-corrected chi connectivity index (χ0v) is 19.6. The van der Waals surface area contributed by atoms with Crippen LogP contribution in [-0.2, 0) is 16.0 Å². The van der Waals surface area contributed by atoms with Crippen molar-refractivity contribution in [2.24, 2.45) is 0 Å². The van der Waals surface area contributed by atoms with E-state index in [1.165, 1.54) is 11.0 Å². The maximum atomic E-state index is 12.8. The van der Waals surface area contributed by atoms with Crippen LogP contribution < -0.4 is 5.32 Å². The fourth-order valence-electron chi connectivity index (χ4n) is 3.59. The fraction of sp³-hybridized carbons (Fsp3) is 0.333. The Labute approximate surface area is 200 Å². The normalized spacial score (nSPS) is 13.5. The van der Waals surface area contributed by atoms with Gasteiger partial charge >= 0.3 is 12.1 Å². The third-order valence-electron chi connectivity index (χ3n) is 5.30. The standard InChI is InChI=1S/C24H25ClF3N3O3/c1-14(9-17-12-30-20-11-16(7-8-19(17)20)22(32)31(2)3)29-13-21(34-23(33)24(26,27)28)15-5-4-6-18(25)10-15/h4-8,10-12,14,21,29-30H,9,13H2,1-3H3/t14-,21+/m1/s1. The van der Waals surface area contributed by atoms with Gasteiger partial charge in [-0.15, -0.1) is 0 Å². The van der Waals surface area contributed by atoms with E-state index in [9.17, 15) is 22.8 Å². The number of nitrogens with one attached hydrogen (secondary N) is 2. The predicted octanol–water partition coefficient (Wildman–Crippen LogP) is 4.89. The number of amides is 1. The molecule has 0 unspecified atom stereocenters. The molecule has 0 saturated heterocycles. The van der Waals surface area contributed by atoms with Crippen molar-refractivity contribution in [3.63, 3.8) is 0 Å². The smallest absolute Gasteiger partial charge is 0.449 e. The van der Waals surface area contributed by atoms with Crippen LogP contribution in [-0.4, -0.2) is 54.6 Å². The summed E-state index contributed by atoms with van der Waals surface area (Å²) in [6.07, 6.45) is -3.88. The fourth-order valence-corrected chi connectivity index (χ4v) is 3.79. The van der Waals surface area contributed by atoms with Crippen molar-refractivity contribution in [3.8, 4) is 0 Å². The molecule has 0 fully saturated rings. The van der Waals surface area contributed by atoms with Gasteiger partial charge in [-0.1, -0.05) is 29.8 Å². The van der Waals surface area contributed by atoms with Crippen molar-refractivity contribution in [2.45, 2.75) is 31.7 Å². The van der Waals surface area contributed by atoms with Crippen LogP contribution >= 0.6 is 11.6 Å². The largest absolute Gasteiger partial charge is 0.490 e. The minimum atomic E-state index is -5.10. The van der Waals surface area contributed by atoms with Crippen LogP contribution in [0, 0.1) is 0 Å². The molecule has 34 heavy (non-hydrogen) atoms. The van der Waals surface area contributed by atoms with Gasteiger partial charge in [0, 0.05) is 54.4 Å². The van der Waals surface area contributed by atoms with Gasteiger partial charge in [-0.2, -0.15) is 13.2 Å². The summed E-state index contributed by atoms with van der Waals surface area (Å²) in [5, 5.41) is 4.41. The van der Waals surface area contributed by atoms with Crippen LogP contribution in [0.4, 0.5) is 13.2 Å². The zero-order chi connectivity index (χ0) is 25.0. The van der Waals surface area contributed by atoms with Gasteiger partial charge in [0.15, 0.2) is 0 Å². The van der Waals surface area contributed by atoms with E-state index in [4.69, 9.17) is 16.3 Å². The molecular weight excluding hydrogens is 471 g/mol. The summed E-state index contributed by atoms with van der Waals surface area (Å²) in [6, 6.07) is 11.4. The van der Waals surface area contributed by atoms with Crippen LogP contribution in [0.15, 0.2) is 48.7 Å². The molecule has 3 aromatic rings. The Balaban J connectivity index is 1.70. The number of alkyl halides is 3. The SMILES string of the molecule is C[C@H](Cc1c[nH]c2cc(C(=O)N(C)C)ccc12)NC[C@H](OC(=O)C(F)(F)F)c1cccc(Cl)c1. The lowest BCUT2D eigenvalue weighted by Crippen LogP contribution is -2.35. The Morgan fingerprint density at radius 3 is 2.56 bits per heavy atom. The molecule has 1 heterocycles. The molecule has 0 aliphatic carbocycles. The average Bonchev–Trinajstić information content (AvgIpc) is 3.16. The van der Waals surface area contributed by atoms with Crippen LogP contribution in [0.3, 0.4) is 0 Å². The molecule has 2 atom stereocenters. The number of esters is 1. The number of hydrogen-bond acceptors (Lipinski definition) is 4. The van der Waals surface area contributed by atoms with E-state index in [2.05, 4.69) is 10.3 Å². The quantitative estimate of drug-likeness (QED) is 0.436. The highest BCUT2D eigenvalue weighted by molar-refractivity contribution is 6.30. The molecule has 1 amide bonds. The third kappa shape index (κ3) is 6.30. The summed E-state index contributed by atoms with van der Waals surface area (Å²) in [6.45, 7) is 1.84. The highest BCUT2D eigenvalue weighted by atomic mass is 35.5. The lowest BCUT2D eigenvalue weighted by Gasteiger charge is -2.22. The number of aromatic nitrogens is 1. The molecule has 2 N–H and O–H groups in total. The van der Waals surface area contributed by atoms with Gasteiger partial charge < -0.3 is 19.9 Å². The minimum absolute atomic E-state index is 0.0346. The lowest BCUT2D eigenvalue weighted by atomic mass is 10.0. The predicted molar refractivity (Wildman–Crippen MR) is 124 cm³/mol. The molecule has 182 valence electrons. The second-order valence-corrected chi connectivity index (χ2v) is 8.67. The van der Waals surface area contributed by atoms with Crippen molar-refractivity contribution >= 4 is 34.4 Å². The van der Waals surface area contributed by atoms with Gasteiger partial charge in [0.2, 0.25) is 0 Å². The molecule has 10 heteroatoms. The highest BCUT2D eigenvalue weighted by Gasteiger charge is 2.42. The van der Waals surface area contributed by atoms with E-state index >= 15 is 0 Å². The van der Waals surface area contributed by atoms with E-state index < -0.39 is 18.2 Å². The van der Waals surface area contributed by atoms with E-state index in [0.717, 1.165) is 16.5 Å². The van der Waals surface area contributed by atoms with E-state index in [0.29, 0.717) is 22.6 Å². The number of nitrogens with zero attached hydrogens (tertiary/aromatic N) is 1.